The minimum atomic E-state index is -4.84. The number of hydrogen-bond acceptors (Lipinski definition) is 5. The second kappa shape index (κ2) is 8.92. The number of nitrogens with two attached hydrogens (primary N) is 1. The van der Waals surface area contributed by atoms with Gasteiger partial charge in [0.1, 0.15) is 23.7 Å². The van der Waals surface area contributed by atoms with Crippen LogP contribution in [0.1, 0.15) is 41.7 Å². The second-order valence-electron chi connectivity index (χ2n) is 8.53. The molecule has 34 heavy (non-hydrogen) atoms. The van der Waals surface area contributed by atoms with E-state index in [1.165, 1.54) is 40.0 Å². The highest BCUT2D eigenvalue weighted by Gasteiger charge is 2.40. The normalized spacial score (nSPS) is 12.1. The monoisotopic (exact) mass is 481 g/mol. The predicted molar refractivity (Wildman–Crippen MR) is 113 cm³/mol. The van der Waals surface area contributed by atoms with Crippen LogP contribution in [0.3, 0.4) is 0 Å². The number of aromatic nitrogens is 3. The molecule has 12 heteroatoms. The largest absolute Gasteiger partial charge is 0.431 e. The first-order valence-corrected chi connectivity index (χ1v) is 10.1. The van der Waals surface area contributed by atoms with E-state index in [0.29, 0.717) is 0 Å². The third-order valence-corrected chi connectivity index (χ3v) is 5.25. The fraction of sp³-hybridized carbons (Fsp3) is 0.364. The van der Waals surface area contributed by atoms with Crippen molar-refractivity contribution in [2.45, 2.75) is 33.5 Å². The molecule has 2 aromatic heterocycles. The molecule has 0 saturated heterocycles. The molecule has 3 aromatic rings. The van der Waals surface area contributed by atoms with Crippen molar-refractivity contribution in [1.29, 1.82) is 0 Å². The number of hydrogen-bond donors (Lipinski definition) is 1. The van der Waals surface area contributed by atoms with Gasteiger partial charge in [-0.1, -0.05) is 17.3 Å². The number of amides is 2. The van der Waals surface area contributed by atoms with Gasteiger partial charge in [0.05, 0.1) is 5.41 Å². The molecular weight excluding hydrogens is 458 g/mol. The van der Waals surface area contributed by atoms with Gasteiger partial charge in [0.25, 0.3) is 5.91 Å². The van der Waals surface area contributed by atoms with E-state index in [1.54, 1.807) is 0 Å². The first-order chi connectivity index (χ1) is 15.7. The second-order valence-corrected chi connectivity index (χ2v) is 8.53. The van der Waals surface area contributed by atoms with Crippen molar-refractivity contribution in [3.8, 4) is 11.1 Å². The summed E-state index contributed by atoms with van der Waals surface area (Å²) in [6.07, 6.45) is -4.84. The van der Waals surface area contributed by atoms with Crippen molar-refractivity contribution in [3.05, 3.63) is 59.3 Å². The molecule has 0 fully saturated rings. The molecule has 0 unspecified atom stereocenters. The van der Waals surface area contributed by atoms with Gasteiger partial charge >= 0.3 is 6.18 Å². The fourth-order valence-corrected chi connectivity index (χ4v) is 3.49. The average Bonchev–Trinajstić information content (AvgIpc) is 3.31. The number of halogens is 4. The van der Waals surface area contributed by atoms with Gasteiger partial charge in [0.15, 0.2) is 5.82 Å². The summed E-state index contributed by atoms with van der Waals surface area (Å²) < 4.78 is 61.3. The van der Waals surface area contributed by atoms with Crippen LogP contribution in [-0.4, -0.2) is 45.0 Å². The number of benzene rings is 1. The van der Waals surface area contributed by atoms with Crippen molar-refractivity contribution in [2.24, 2.45) is 11.1 Å². The molecule has 0 aliphatic heterocycles. The Labute approximate surface area is 192 Å². The summed E-state index contributed by atoms with van der Waals surface area (Å²) >= 11 is 0. The summed E-state index contributed by atoms with van der Waals surface area (Å²) in [6.45, 7) is 3.84. The summed E-state index contributed by atoms with van der Waals surface area (Å²) in [6, 6.07) is 5.52. The summed E-state index contributed by atoms with van der Waals surface area (Å²) in [5, 5.41) is 3.59. The summed E-state index contributed by atoms with van der Waals surface area (Å²) in [5.41, 5.74) is 2.90. The molecule has 1 aromatic carbocycles. The molecule has 0 saturated carbocycles. The van der Waals surface area contributed by atoms with E-state index in [4.69, 9.17) is 10.3 Å². The van der Waals surface area contributed by atoms with Crippen molar-refractivity contribution in [1.82, 2.24) is 19.6 Å². The lowest BCUT2D eigenvalue weighted by Gasteiger charge is -2.28. The van der Waals surface area contributed by atoms with E-state index in [1.807, 2.05) is 0 Å². The van der Waals surface area contributed by atoms with E-state index < -0.39 is 41.5 Å². The molecule has 0 radical (unpaired) electrons. The molecule has 8 nitrogen and oxygen atoms in total. The zero-order chi connectivity index (χ0) is 25.4. The van der Waals surface area contributed by atoms with E-state index in [9.17, 15) is 27.2 Å². The maximum absolute atomic E-state index is 14.0. The molecule has 182 valence electrons. The Kier molecular flexibility index (Phi) is 6.54. The Morgan fingerprint density at radius 3 is 2.29 bits per heavy atom. The van der Waals surface area contributed by atoms with Gasteiger partial charge in [-0.3, -0.25) is 9.59 Å². The Hall–Kier alpha value is -3.70. The Morgan fingerprint density at radius 1 is 1.18 bits per heavy atom. The number of alkyl halides is 3. The summed E-state index contributed by atoms with van der Waals surface area (Å²) in [4.78, 5) is 30.3. The van der Waals surface area contributed by atoms with Crippen LogP contribution in [0, 0.1) is 18.2 Å². The lowest BCUT2D eigenvalue weighted by molar-refractivity contribution is -0.143. The quantitative estimate of drug-likeness (QED) is 0.519. The van der Waals surface area contributed by atoms with Gasteiger partial charge in [0.2, 0.25) is 11.8 Å². The number of rotatable bonds is 7. The van der Waals surface area contributed by atoms with Gasteiger partial charge in [-0.15, -0.1) is 0 Å². The first kappa shape index (κ1) is 24.9. The van der Waals surface area contributed by atoms with Crippen LogP contribution >= 0.6 is 0 Å². The topological polar surface area (TPSA) is 107 Å². The van der Waals surface area contributed by atoms with E-state index in [0.717, 1.165) is 27.7 Å². The minimum absolute atomic E-state index is 0.0720. The molecule has 0 atom stereocenters. The zero-order valence-corrected chi connectivity index (χ0v) is 18.9. The van der Waals surface area contributed by atoms with Crippen LogP contribution in [0.4, 0.5) is 17.6 Å². The lowest BCUT2D eigenvalue weighted by Crippen LogP contribution is -2.44. The maximum atomic E-state index is 14.0. The van der Waals surface area contributed by atoms with Crippen molar-refractivity contribution in [3.63, 3.8) is 0 Å². The van der Waals surface area contributed by atoms with Gasteiger partial charge in [-0.25, -0.2) is 4.39 Å². The van der Waals surface area contributed by atoms with Crippen molar-refractivity contribution >= 4 is 11.8 Å². The van der Waals surface area contributed by atoms with Crippen LogP contribution in [0.2, 0.25) is 0 Å². The maximum Gasteiger partial charge on any atom is 0.431 e. The molecular formula is C22H23F4N5O3. The fourth-order valence-electron chi connectivity index (χ4n) is 3.49. The molecule has 2 heterocycles. The molecule has 0 aliphatic rings. The molecule has 0 aliphatic carbocycles. The van der Waals surface area contributed by atoms with Crippen LogP contribution in [-0.2, 0) is 17.5 Å². The van der Waals surface area contributed by atoms with Crippen LogP contribution in [0.15, 0.2) is 34.9 Å². The van der Waals surface area contributed by atoms with Crippen molar-refractivity contribution < 1.29 is 31.7 Å². The Morgan fingerprint density at radius 2 is 1.79 bits per heavy atom. The van der Waals surface area contributed by atoms with Gasteiger partial charge in [-0.2, -0.15) is 18.2 Å². The number of carbonyl (C=O) groups is 2. The summed E-state index contributed by atoms with van der Waals surface area (Å²) in [7, 11) is 1.35. The van der Waals surface area contributed by atoms with Gasteiger partial charge < -0.3 is 19.7 Å². The standard InChI is InChI=1S/C22H23F4N5O3/c1-12-28-17(34-29-12)10-31-16(22(24,25)26)9-15(13-5-7-14(23)8-6-13)18(31)19(32)30(4)11-21(2,3)20(27)33/h5-9H,10-11H2,1-4H3,(H2,27,33). The van der Waals surface area contributed by atoms with E-state index >= 15 is 0 Å². The van der Waals surface area contributed by atoms with E-state index in [-0.39, 0.29) is 35.1 Å². The molecule has 3 rings (SSSR count). The molecule has 2 amide bonds. The van der Waals surface area contributed by atoms with Crippen LogP contribution < -0.4 is 5.73 Å². The molecule has 0 spiro atoms. The van der Waals surface area contributed by atoms with Crippen molar-refractivity contribution in [2.75, 3.05) is 13.6 Å². The highest BCUT2D eigenvalue weighted by Crippen LogP contribution is 2.38. The highest BCUT2D eigenvalue weighted by atomic mass is 19.4. The SMILES string of the molecule is Cc1noc(Cn2c(C(F)(F)F)cc(-c3ccc(F)cc3)c2C(=O)N(C)CC(C)(C)C(N)=O)n1. The Balaban J connectivity index is 2.22. The lowest BCUT2D eigenvalue weighted by atomic mass is 9.92. The minimum Gasteiger partial charge on any atom is -0.369 e. The third-order valence-electron chi connectivity index (χ3n) is 5.25. The van der Waals surface area contributed by atoms with E-state index in [2.05, 4.69) is 10.1 Å². The third kappa shape index (κ3) is 5.10. The first-order valence-electron chi connectivity index (χ1n) is 10.1. The number of carbonyl (C=O) groups excluding carboxylic acids is 2. The van der Waals surface area contributed by atoms with Gasteiger partial charge in [-0.05, 0) is 44.5 Å². The average molecular weight is 481 g/mol. The molecule has 2 N–H and O–H groups in total. The number of aryl methyl sites for hydroxylation is 1. The van der Waals surface area contributed by atoms with Crippen LogP contribution in [0.25, 0.3) is 11.1 Å². The number of primary amides is 1. The predicted octanol–water partition coefficient (Wildman–Crippen LogP) is 3.64. The summed E-state index contributed by atoms with van der Waals surface area (Å²) in [5.74, 6) is -2.01. The zero-order valence-electron chi connectivity index (χ0n) is 18.9. The van der Waals surface area contributed by atoms with Crippen LogP contribution in [0.5, 0.6) is 0 Å². The van der Waals surface area contributed by atoms with Gasteiger partial charge in [0, 0.05) is 19.2 Å². The number of nitrogens with zero attached hydrogens (tertiary/aromatic N) is 4. The molecule has 0 bridgehead atoms. The smallest absolute Gasteiger partial charge is 0.369 e. The Bertz CT molecular complexity index is 1210. The highest BCUT2D eigenvalue weighted by molar-refractivity contribution is 6.00.